The SMILES string of the molecule is CC(=NNC(=S)NC1CCCCC1)c1ccccc1. The van der Waals surface area contributed by atoms with E-state index in [4.69, 9.17) is 12.2 Å². The lowest BCUT2D eigenvalue weighted by Crippen LogP contribution is -2.41. The van der Waals surface area contributed by atoms with Crippen molar-refractivity contribution in [2.24, 2.45) is 5.10 Å². The second kappa shape index (κ2) is 7.24. The van der Waals surface area contributed by atoms with Gasteiger partial charge in [-0.3, -0.25) is 5.43 Å². The van der Waals surface area contributed by atoms with Crippen LogP contribution in [0.5, 0.6) is 0 Å². The zero-order valence-electron chi connectivity index (χ0n) is 11.4. The van der Waals surface area contributed by atoms with Crippen LogP contribution in [0.4, 0.5) is 0 Å². The van der Waals surface area contributed by atoms with Gasteiger partial charge in [-0.25, -0.2) is 0 Å². The molecule has 1 aromatic rings. The first-order valence-electron chi connectivity index (χ1n) is 6.92. The van der Waals surface area contributed by atoms with E-state index in [-0.39, 0.29) is 0 Å². The van der Waals surface area contributed by atoms with E-state index in [0.29, 0.717) is 11.2 Å². The minimum atomic E-state index is 0.515. The van der Waals surface area contributed by atoms with Gasteiger partial charge in [0.15, 0.2) is 5.11 Å². The maximum absolute atomic E-state index is 5.27. The van der Waals surface area contributed by atoms with E-state index in [2.05, 4.69) is 15.8 Å². The third-order valence-electron chi connectivity index (χ3n) is 3.46. The zero-order valence-corrected chi connectivity index (χ0v) is 12.2. The minimum absolute atomic E-state index is 0.515. The lowest BCUT2D eigenvalue weighted by molar-refractivity contribution is 0.412. The molecule has 2 rings (SSSR count). The highest BCUT2D eigenvalue weighted by atomic mass is 32.1. The summed E-state index contributed by atoms with van der Waals surface area (Å²) in [5, 5.41) is 8.29. The number of hydrazone groups is 1. The molecule has 0 radical (unpaired) electrons. The monoisotopic (exact) mass is 275 g/mol. The predicted molar refractivity (Wildman–Crippen MR) is 84.4 cm³/mol. The van der Waals surface area contributed by atoms with Crippen molar-refractivity contribution in [2.45, 2.75) is 45.1 Å². The van der Waals surface area contributed by atoms with E-state index in [0.717, 1.165) is 11.3 Å². The van der Waals surface area contributed by atoms with Gasteiger partial charge >= 0.3 is 0 Å². The summed E-state index contributed by atoms with van der Waals surface area (Å²) in [6, 6.07) is 10.6. The summed E-state index contributed by atoms with van der Waals surface area (Å²) in [6.45, 7) is 1.98. The molecular formula is C15H21N3S. The molecule has 2 N–H and O–H groups in total. The number of thiocarbonyl (C=S) groups is 1. The van der Waals surface area contributed by atoms with Gasteiger partial charge in [0.25, 0.3) is 0 Å². The quantitative estimate of drug-likeness (QED) is 0.505. The highest BCUT2D eigenvalue weighted by Crippen LogP contribution is 2.17. The Morgan fingerprint density at radius 2 is 1.84 bits per heavy atom. The third-order valence-corrected chi connectivity index (χ3v) is 3.67. The van der Waals surface area contributed by atoms with Crippen molar-refractivity contribution in [3.8, 4) is 0 Å². The molecule has 0 aromatic heterocycles. The van der Waals surface area contributed by atoms with Crippen LogP contribution in [-0.4, -0.2) is 16.9 Å². The van der Waals surface area contributed by atoms with Crippen LogP contribution < -0.4 is 10.7 Å². The van der Waals surface area contributed by atoms with Gasteiger partial charge in [-0.1, -0.05) is 49.6 Å². The average Bonchev–Trinajstić information content (AvgIpc) is 2.47. The molecular weight excluding hydrogens is 254 g/mol. The topological polar surface area (TPSA) is 36.4 Å². The van der Waals surface area contributed by atoms with Gasteiger partial charge in [-0.15, -0.1) is 0 Å². The molecule has 0 atom stereocenters. The summed E-state index contributed by atoms with van der Waals surface area (Å²) in [6.07, 6.45) is 6.37. The molecule has 1 saturated carbocycles. The third kappa shape index (κ3) is 4.63. The van der Waals surface area contributed by atoms with Gasteiger partial charge in [-0.05, 0) is 37.5 Å². The number of hydrogen-bond donors (Lipinski definition) is 2. The summed E-state index contributed by atoms with van der Waals surface area (Å²) in [7, 11) is 0. The first-order valence-corrected chi connectivity index (χ1v) is 7.33. The van der Waals surface area contributed by atoms with Crippen LogP contribution in [0.25, 0.3) is 0 Å². The molecule has 0 amide bonds. The minimum Gasteiger partial charge on any atom is -0.359 e. The van der Waals surface area contributed by atoms with Crippen molar-refractivity contribution < 1.29 is 0 Å². The fourth-order valence-electron chi connectivity index (χ4n) is 2.34. The number of nitrogens with zero attached hydrogens (tertiary/aromatic N) is 1. The molecule has 3 nitrogen and oxygen atoms in total. The van der Waals surface area contributed by atoms with E-state index in [1.165, 1.54) is 32.1 Å². The van der Waals surface area contributed by atoms with Gasteiger partial charge in [0.05, 0.1) is 5.71 Å². The van der Waals surface area contributed by atoms with Crippen molar-refractivity contribution in [3.05, 3.63) is 35.9 Å². The van der Waals surface area contributed by atoms with Crippen molar-refractivity contribution in [1.82, 2.24) is 10.7 Å². The molecule has 0 heterocycles. The molecule has 0 bridgehead atoms. The molecule has 1 fully saturated rings. The van der Waals surface area contributed by atoms with Crippen LogP contribution in [-0.2, 0) is 0 Å². The van der Waals surface area contributed by atoms with E-state index in [1.54, 1.807) is 0 Å². The Kier molecular flexibility index (Phi) is 5.33. The summed E-state index contributed by atoms with van der Waals surface area (Å²) in [5.41, 5.74) is 4.98. The first-order chi connectivity index (χ1) is 9.25. The van der Waals surface area contributed by atoms with Gasteiger partial charge < -0.3 is 5.32 Å². The number of nitrogens with one attached hydrogen (secondary N) is 2. The Morgan fingerprint density at radius 1 is 1.16 bits per heavy atom. The Hall–Kier alpha value is -1.42. The summed E-state index contributed by atoms with van der Waals surface area (Å²) in [5.74, 6) is 0. The van der Waals surface area contributed by atoms with Crippen LogP contribution in [0.2, 0.25) is 0 Å². The largest absolute Gasteiger partial charge is 0.359 e. The Morgan fingerprint density at radius 3 is 2.53 bits per heavy atom. The van der Waals surface area contributed by atoms with Crippen LogP contribution in [0.1, 0.15) is 44.6 Å². The molecule has 19 heavy (non-hydrogen) atoms. The molecule has 102 valence electrons. The van der Waals surface area contributed by atoms with Gasteiger partial charge in [-0.2, -0.15) is 5.10 Å². The Bertz CT molecular complexity index is 436. The predicted octanol–water partition coefficient (Wildman–Crippen LogP) is 3.21. The van der Waals surface area contributed by atoms with E-state index < -0.39 is 0 Å². The van der Waals surface area contributed by atoms with Crippen molar-refractivity contribution in [2.75, 3.05) is 0 Å². The van der Waals surface area contributed by atoms with E-state index in [9.17, 15) is 0 Å². The fourth-order valence-corrected chi connectivity index (χ4v) is 2.56. The standard InChI is InChI=1S/C15H21N3S/c1-12(13-8-4-2-5-9-13)17-18-15(19)16-14-10-6-3-7-11-14/h2,4-5,8-9,14H,3,6-7,10-11H2,1H3,(H2,16,18,19). The fraction of sp³-hybridized carbons (Fsp3) is 0.467. The van der Waals surface area contributed by atoms with E-state index >= 15 is 0 Å². The van der Waals surface area contributed by atoms with Crippen molar-refractivity contribution in [3.63, 3.8) is 0 Å². The number of rotatable bonds is 3. The summed E-state index contributed by atoms with van der Waals surface area (Å²) >= 11 is 5.27. The van der Waals surface area contributed by atoms with Gasteiger partial charge in [0, 0.05) is 6.04 Å². The molecule has 1 aliphatic carbocycles. The van der Waals surface area contributed by atoms with Crippen molar-refractivity contribution >= 4 is 23.0 Å². The zero-order chi connectivity index (χ0) is 13.5. The maximum Gasteiger partial charge on any atom is 0.187 e. The summed E-state index contributed by atoms with van der Waals surface area (Å²) < 4.78 is 0. The molecule has 0 saturated heterocycles. The highest BCUT2D eigenvalue weighted by Gasteiger charge is 2.13. The molecule has 1 aliphatic rings. The average molecular weight is 275 g/mol. The Balaban J connectivity index is 1.82. The molecule has 4 heteroatoms. The summed E-state index contributed by atoms with van der Waals surface area (Å²) in [4.78, 5) is 0. The molecule has 0 spiro atoms. The second-order valence-corrected chi connectivity index (χ2v) is 5.39. The normalized spacial score (nSPS) is 17.0. The smallest absolute Gasteiger partial charge is 0.187 e. The number of benzene rings is 1. The van der Waals surface area contributed by atoms with Crippen LogP contribution in [0.15, 0.2) is 35.4 Å². The highest BCUT2D eigenvalue weighted by molar-refractivity contribution is 7.80. The number of hydrogen-bond acceptors (Lipinski definition) is 2. The molecule has 1 aromatic carbocycles. The molecule has 0 unspecified atom stereocenters. The van der Waals surface area contributed by atoms with Crippen LogP contribution in [0.3, 0.4) is 0 Å². The van der Waals surface area contributed by atoms with Crippen molar-refractivity contribution in [1.29, 1.82) is 0 Å². The van der Waals surface area contributed by atoms with E-state index in [1.807, 2.05) is 37.3 Å². The Labute approximate surface area is 120 Å². The lowest BCUT2D eigenvalue weighted by atomic mass is 9.96. The van der Waals surface area contributed by atoms with Crippen LogP contribution in [0, 0.1) is 0 Å². The van der Waals surface area contributed by atoms with Gasteiger partial charge in [0.1, 0.15) is 0 Å². The second-order valence-electron chi connectivity index (χ2n) is 4.98. The first kappa shape index (κ1) is 14.0. The maximum atomic E-state index is 5.27. The lowest BCUT2D eigenvalue weighted by Gasteiger charge is -2.23. The molecule has 0 aliphatic heterocycles. The van der Waals surface area contributed by atoms with Crippen LogP contribution >= 0.6 is 12.2 Å². The van der Waals surface area contributed by atoms with Gasteiger partial charge in [0.2, 0.25) is 0 Å².